The Balaban J connectivity index is 2.01. The Labute approximate surface area is 125 Å². The lowest BCUT2D eigenvalue weighted by Gasteiger charge is -2.22. The Morgan fingerprint density at radius 1 is 1.43 bits per heavy atom. The fourth-order valence-electron chi connectivity index (χ4n) is 2.98. The first kappa shape index (κ1) is 15.9. The van der Waals surface area contributed by atoms with Crippen LogP contribution in [-0.2, 0) is 0 Å². The molecule has 1 aromatic carbocycles. The van der Waals surface area contributed by atoms with Crippen molar-refractivity contribution >= 4 is 5.78 Å². The van der Waals surface area contributed by atoms with Gasteiger partial charge in [0.05, 0.1) is 13.7 Å². The summed E-state index contributed by atoms with van der Waals surface area (Å²) < 4.78 is 18.5. The van der Waals surface area contributed by atoms with Crippen molar-refractivity contribution in [1.29, 1.82) is 0 Å². The highest BCUT2D eigenvalue weighted by molar-refractivity contribution is 5.97. The van der Waals surface area contributed by atoms with Crippen LogP contribution in [0.25, 0.3) is 0 Å². The van der Waals surface area contributed by atoms with E-state index in [1.54, 1.807) is 6.07 Å². The standard InChI is InChI=1S/C16H23FN2O2/c1-11-8-19(9-14(11)18(2)3)10-15(20)12-5-6-16(21-4)13(17)7-12/h5-7,11,14H,8-10H2,1-4H3. The lowest BCUT2D eigenvalue weighted by atomic mass is 10.1. The van der Waals surface area contributed by atoms with Crippen LogP contribution in [0, 0.1) is 11.7 Å². The minimum atomic E-state index is -0.496. The molecule has 2 unspecified atom stereocenters. The number of likely N-dealkylation sites (N-methyl/N-ethyl adjacent to an activating group) is 1. The zero-order valence-corrected chi connectivity index (χ0v) is 13.1. The summed E-state index contributed by atoms with van der Waals surface area (Å²) in [6, 6.07) is 4.83. The molecule has 0 saturated carbocycles. The SMILES string of the molecule is COc1ccc(C(=O)CN2CC(C)C(N(C)C)C2)cc1F. The van der Waals surface area contributed by atoms with Crippen LogP contribution in [0.4, 0.5) is 4.39 Å². The number of likely N-dealkylation sites (tertiary alicyclic amines) is 1. The summed E-state index contributed by atoms with van der Waals surface area (Å²) >= 11 is 0. The minimum Gasteiger partial charge on any atom is -0.494 e. The second-order valence-electron chi connectivity index (χ2n) is 5.97. The molecule has 0 aliphatic carbocycles. The summed E-state index contributed by atoms with van der Waals surface area (Å²) in [6.45, 7) is 4.30. The van der Waals surface area contributed by atoms with Gasteiger partial charge >= 0.3 is 0 Å². The number of carbonyl (C=O) groups excluding carboxylic acids is 1. The molecular formula is C16H23FN2O2. The molecule has 1 heterocycles. The van der Waals surface area contributed by atoms with Crippen LogP contribution in [0.15, 0.2) is 18.2 Å². The normalized spacial score (nSPS) is 22.8. The van der Waals surface area contributed by atoms with Gasteiger partial charge in [-0.1, -0.05) is 6.92 Å². The number of halogens is 1. The highest BCUT2D eigenvalue weighted by Crippen LogP contribution is 2.21. The fraction of sp³-hybridized carbons (Fsp3) is 0.562. The van der Waals surface area contributed by atoms with Crippen molar-refractivity contribution in [3.05, 3.63) is 29.6 Å². The maximum atomic E-state index is 13.7. The molecule has 0 bridgehead atoms. The van der Waals surface area contributed by atoms with Gasteiger partial charge in [-0.25, -0.2) is 4.39 Å². The maximum Gasteiger partial charge on any atom is 0.176 e. The third kappa shape index (κ3) is 3.60. The lowest BCUT2D eigenvalue weighted by Crippen LogP contribution is -2.35. The first-order valence-electron chi connectivity index (χ1n) is 7.18. The number of rotatable bonds is 5. The van der Waals surface area contributed by atoms with Crippen LogP contribution >= 0.6 is 0 Å². The first-order valence-corrected chi connectivity index (χ1v) is 7.18. The molecule has 1 fully saturated rings. The van der Waals surface area contributed by atoms with Gasteiger partial charge in [-0.3, -0.25) is 9.69 Å². The fourth-order valence-corrected chi connectivity index (χ4v) is 2.98. The van der Waals surface area contributed by atoms with Gasteiger partial charge in [0.2, 0.25) is 0 Å². The second-order valence-corrected chi connectivity index (χ2v) is 5.97. The van der Waals surface area contributed by atoms with Crippen LogP contribution in [0.3, 0.4) is 0 Å². The molecule has 21 heavy (non-hydrogen) atoms. The van der Waals surface area contributed by atoms with Crippen LogP contribution in [0.1, 0.15) is 17.3 Å². The quantitative estimate of drug-likeness (QED) is 0.777. The van der Waals surface area contributed by atoms with E-state index in [9.17, 15) is 9.18 Å². The van der Waals surface area contributed by atoms with Gasteiger partial charge in [-0.15, -0.1) is 0 Å². The molecule has 2 rings (SSSR count). The van der Waals surface area contributed by atoms with Gasteiger partial charge in [-0.05, 0) is 38.2 Å². The van der Waals surface area contributed by atoms with E-state index in [4.69, 9.17) is 4.74 Å². The van der Waals surface area contributed by atoms with Gasteiger partial charge in [0.25, 0.3) is 0 Å². The van der Waals surface area contributed by atoms with Gasteiger partial charge in [0.1, 0.15) is 0 Å². The van der Waals surface area contributed by atoms with E-state index >= 15 is 0 Å². The number of ether oxygens (including phenoxy) is 1. The monoisotopic (exact) mass is 294 g/mol. The molecule has 0 N–H and O–H groups in total. The average Bonchev–Trinajstić information content (AvgIpc) is 2.79. The Morgan fingerprint density at radius 2 is 2.14 bits per heavy atom. The molecule has 0 spiro atoms. The summed E-state index contributed by atoms with van der Waals surface area (Å²) in [5, 5.41) is 0. The molecule has 2 atom stereocenters. The number of Topliss-reactive ketones (excluding diaryl/α,β-unsaturated/α-hetero) is 1. The Morgan fingerprint density at radius 3 is 2.67 bits per heavy atom. The van der Waals surface area contributed by atoms with Gasteiger partial charge in [-0.2, -0.15) is 0 Å². The van der Waals surface area contributed by atoms with Crippen molar-refractivity contribution in [2.24, 2.45) is 5.92 Å². The Bertz CT molecular complexity index is 519. The van der Waals surface area contributed by atoms with E-state index in [1.165, 1.54) is 19.2 Å². The third-order valence-corrected chi connectivity index (χ3v) is 4.15. The summed E-state index contributed by atoms with van der Waals surface area (Å²) in [5.41, 5.74) is 0.397. The number of hydrogen-bond donors (Lipinski definition) is 0. The highest BCUT2D eigenvalue weighted by atomic mass is 19.1. The van der Waals surface area contributed by atoms with E-state index in [-0.39, 0.29) is 11.5 Å². The highest BCUT2D eigenvalue weighted by Gasteiger charge is 2.31. The number of hydrogen-bond acceptors (Lipinski definition) is 4. The summed E-state index contributed by atoms with van der Waals surface area (Å²) in [6.07, 6.45) is 0. The van der Waals surface area contributed by atoms with Crippen LogP contribution < -0.4 is 4.74 Å². The third-order valence-electron chi connectivity index (χ3n) is 4.15. The summed E-state index contributed by atoms with van der Waals surface area (Å²) in [5.74, 6) is 0.141. The molecular weight excluding hydrogens is 271 g/mol. The summed E-state index contributed by atoms with van der Waals surface area (Å²) in [7, 11) is 5.53. The Kier molecular flexibility index (Phi) is 4.96. The van der Waals surface area contributed by atoms with Crippen molar-refractivity contribution in [2.75, 3.05) is 40.8 Å². The van der Waals surface area contributed by atoms with Crippen LogP contribution in [-0.4, -0.2) is 62.5 Å². The van der Waals surface area contributed by atoms with Crippen molar-refractivity contribution in [3.63, 3.8) is 0 Å². The minimum absolute atomic E-state index is 0.0526. The largest absolute Gasteiger partial charge is 0.494 e. The van der Waals surface area contributed by atoms with Crippen LogP contribution in [0.2, 0.25) is 0 Å². The zero-order chi connectivity index (χ0) is 15.6. The predicted octanol–water partition coefficient (Wildman–Crippen LogP) is 1.90. The van der Waals surface area contributed by atoms with Crippen molar-refractivity contribution in [2.45, 2.75) is 13.0 Å². The van der Waals surface area contributed by atoms with Crippen molar-refractivity contribution in [3.8, 4) is 5.75 Å². The number of carbonyl (C=O) groups is 1. The Hall–Kier alpha value is -1.46. The van der Waals surface area contributed by atoms with Crippen molar-refractivity contribution in [1.82, 2.24) is 9.80 Å². The molecule has 1 aliphatic rings. The van der Waals surface area contributed by atoms with E-state index in [0.717, 1.165) is 13.1 Å². The molecule has 1 aliphatic heterocycles. The topological polar surface area (TPSA) is 32.8 Å². The number of ketones is 1. The van der Waals surface area contributed by atoms with Crippen molar-refractivity contribution < 1.29 is 13.9 Å². The molecule has 0 aromatic heterocycles. The average molecular weight is 294 g/mol. The molecule has 4 nitrogen and oxygen atoms in total. The predicted molar refractivity (Wildman–Crippen MR) is 80.4 cm³/mol. The smallest absolute Gasteiger partial charge is 0.176 e. The maximum absolute atomic E-state index is 13.7. The molecule has 1 aromatic rings. The molecule has 1 saturated heterocycles. The molecule has 0 amide bonds. The first-order chi connectivity index (χ1) is 9.92. The van der Waals surface area contributed by atoms with Crippen LogP contribution in [0.5, 0.6) is 5.75 Å². The van der Waals surface area contributed by atoms with Gasteiger partial charge in [0.15, 0.2) is 17.3 Å². The number of benzene rings is 1. The zero-order valence-electron chi connectivity index (χ0n) is 13.1. The number of nitrogens with zero attached hydrogens (tertiary/aromatic N) is 2. The van der Waals surface area contributed by atoms with E-state index < -0.39 is 5.82 Å². The molecule has 116 valence electrons. The van der Waals surface area contributed by atoms with E-state index in [1.807, 2.05) is 0 Å². The summed E-state index contributed by atoms with van der Waals surface area (Å²) in [4.78, 5) is 16.6. The second kappa shape index (κ2) is 6.54. The van der Waals surface area contributed by atoms with Gasteiger partial charge in [0, 0.05) is 24.7 Å². The number of methoxy groups -OCH3 is 1. The van der Waals surface area contributed by atoms with E-state index in [2.05, 4.69) is 30.8 Å². The van der Waals surface area contributed by atoms with Gasteiger partial charge < -0.3 is 9.64 Å². The molecule has 5 heteroatoms. The lowest BCUT2D eigenvalue weighted by molar-refractivity contribution is 0.0940. The molecule has 0 radical (unpaired) electrons. The van der Waals surface area contributed by atoms with E-state index in [0.29, 0.717) is 24.1 Å².